The number of hydrogen-bond acceptors (Lipinski definition) is 3. The summed E-state index contributed by atoms with van der Waals surface area (Å²) in [6.07, 6.45) is 1.79. The van der Waals surface area contributed by atoms with Crippen molar-refractivity contribution in [2.24, 2.45) is 5.92 Å². The molecule has 1 fully saturated rings. The van der Waals surface area contributed by atoms with E-state index in [1.165, 1.54) is 0 Å². The lowest BCUT2D eigenvalue weighted by Gasteiger charge is -2.22. The summed E-state index contributed by atoms with van der Waals surface area (Å²) in [5, 5.41) is 1.08. The van der Waals surface area contributed by atoms with Gasteiger partial charge in [-0.3, -0.25) is 9.59 Å². The number of rotatable bonds is 5. The standard InChI is InChI=1S/C18H18Cl2N2O3/c1-21(9-12-4-5-14(19)8-16(12)20)18(24)13-7-17(23)22(10-13)11-15-3-2-6-25-15/h2-6,8,13H,7,9-11H2,1H3/t13-/m1/s1. The highest BCUT2D eigenvalue weighted by Gasteiger charge is 2.36. The molecule has 0 aliphatic carbocycles. The number of hydrogen-bond donors (Lipinski definition) is 0. The van der Waals surface area contributed by atoms with Gasteiger partial charge in [-0.2, -0.15) is 0 Å². The molecule has 0 saturated carbocycles. The number of likely N-dealkylation sites (tertiary alicyclic amines) is 1. The molecule has 1 aliphatic heterocycles. The van der Waals surface area contributed by atoms with E-state index in [1.54, 1.807) is 47.4 Å². The van der Waals surface area contributed by atoms with E-state index in [-0.39, 0.29) is 24.2 Å². The maximum atomic E-state index is 12.7. The first kappa shape index (κ1) is 17.8. The first-order valence-electron chi connectivity index (χ1n) is 7.93. The number of amides is 2. The van der Waals surface area contributed by atoms with E-state index in [9.17, 15) is 9.59 Å². The predicted octanol–water partition coefficient (Wildman–Crippen LogP) is 3.59. The fraction of sp³-hybridized carbons (Fsp3) is 0.333. The van der Waals surface area contributed by atoms with Crippen molar-refractivity contribution >= 4 is 35.0 Å². The maximum Gasteiger partial charge on any atom is 0.228 e. The molecule has 7 heteroatoms. The lowest BCUT2D eigenvalue weighted by atomic mass is 10.1. The van der Waals surface area contributed by atoms with Crippen LogP contribution in [-0.4, -0.2) is 35.2 Å². The van der Waals surface area contributed by atoms with Crippen LogP contribution in [0, 0.1) is 5.92 Å². The molecule has 0 radical (unpaired) electrons. The van der Waals surface area contributed by atoms with E-state index >= 15 is 0 Å². The molecule has 0 spiro atoms. The minimum Gasteiger partial charge on any atom is -0.467 e. The van der Waals surface area contributed by atoms with Crippen molar-refractivity contribution in [2.75, 3.05) is 13.6 Å². The van der Waals surface area contributed by atoms with Gasteiger partial charge >= 0.3 is 0 Å². The molecule has 2 amide bonds. The third-order valence-corrected chi connectivity index (χ3v) is 4.88. The SMILES string of the molecule is CN(Cc1ccc(Cl)cc1Cl)C(=O)[C@@H]1CC(=O)N(Cc2ccco2)C1. The summed E-state index contributed by atoms with van der Waals surface area (Å²) < 4.78 is 5.27. The summed E-state index contributed by atoms with van der Waals surface area (Å²) in [6, 6.07) is 8.79. The Kier molecular flexibility index (Phi) is 5.35. The Morgan fingerprint density at radius 2 is 2.16 bits per heavy atom. The fourth-order valence-electron chi connectivity index (χ4n) is 2.98. The van der Waals surface area contributed by atoms with E-state index in [2.05, 4.69) is 0 Å². The van der Waals surface area contributed by atoms with Crippen molar-refractivity contribution in [3.8, 4) is 0 Å². The summed E-state index contributed by atoms with van der Waals surface area (Å²) in [7, 11) is 1.72. The molecule has 132 valence electrons. The summed E-state index contributed by atoms with van der Waals surface area (Å²) in [5.74, 6) is 0.260. The fourth-order valence-corrected chi connectivity index (χ4v) is 3.44. The average Bonchev–Trinajstić information content (AvgIpc) is 3.20. The number of benzene rings is 1. The molecule has 5 nitrogen and oxygen atoms in total. The zero-order valence-corrected chi connectivity index (χ0v) is 15.3. The van der Waals surface area contributed by atoms with E-state index in [1.807, 2.05) is 6.07 Å². The van der Waals surface area contributed by atoms with Gasteiger partial charge in [0.1, 0.15) is 5.76 Å². The summed E-state index contributed by atoms with van der Waals surface area (Å²) in [6.45, 7) is 1.16. The molecule has 2 heterocycles. The number of furan rings is 1. The minimum atomic E-state index is -0.349. The monoisotopic (exact) mass is 380 g/mol. The first-order valence-corrected chi connectivity index (χ1v) is 8.68. The highest BCUT2D eigenvalue weighted by Crippen LogP contribution is 2.25. The first-order chi connectivity index (χ1) is 11.9. The summed E-state index contributed by atoms with van der Waals surface area (Å²) in [4.78, 5) is 28.1. The van der Waals surface area contributed by atoms with E-state index in [0.29, 0.717) is 35.4 Å². The molecule has 1 saturated heterocycles. The van der Waals surface area contributed by atoms with E-state index in [4.69, 9.17) is 27.6 Å². The second-order valence-electron chi connectivity index (χ2n) is 6.18. The third-order valence-electron chi connectivity index (χ3n) is 4.29. The van der Waals surface area contributed by atoms with Crippen LogP contribution in [0.25, 0.3) is 0 Å². The van der Waals surface area contributed by atoms with Gasteiger partial charge in [-0.05, 0) is 29.8 Å². The molecule has 1 aromatic heterocycles. The van der Waals surface area contributed by atoms with Crippen molar-refractivity contribution in [1.29, 1.82) is 0 Å². The lowest BCUT2D eigenvalue weighted by molar-refractivity contribution is -0.135. The highest BCUT2D eigenvalue weighted by molar-refractivity contribution is 6.35. The van der Waals surface area contributed by atoms with Crippen molar-refractivity contribution in [3.05, 3.63) is 58.0 Å². The van der Waals surface area contributed by atoms with Crippen LogP contribution < -0.4 is 0 Å². The van der Waals surface area contributed by atoms with Crippen LogP contribution in [0.3, 0.4) is 0 Å². The molecule has 2 aromatic rings. The van der Waals surface area contributed by atoms with Gasteiger partial charge in [-0.1, -0.05) is 29.3 Å². The van der Waals surface area contributed by atoms with Crippen LogP contribution in [0.4, 0.5) is 0 Å². The van der Waals surface area contributed by atoms with Gasteiger partial charge in [0.25, 0.3) is 0 Å². The second kappa shape index (κ2) is 7.50. The van der Waals surface area contributed by atoms with Crippen molar-refractivity contribution < 1.29 is 14.0 Å². The van der Waals surface area contributed by atoms with E-state index in [0.717, 1.165) is 5.56 Å². The number of carbonyl (C=O) groups is 2. The maximum absolute atomic E-state index is 12.7. The minimum absolute atomic E-state index is 0.0346. The van der Waals surface area contributed by atoms with Gasteiger partial charge < -0.3 is 14.2 Å². The van der Waals surface area contributed by atoms with Crippen molar-refractivity contribution in [1.82, 2.24) is 9.80 Å². The van der Waals surface area contributed by atoms with E-state index < -0.39 is 0 Å². The Bertz CT molecular complexity index is 777. The molecule has 1 aliphatic rings. The molecule has 1 aromatic carbocycles. The molecular weight excluding hydrogens is 363 g/mol. The van der Waals surface area contributed by atoms with Gasteiger partial charge in [0.15, 0.2) is 0 Å². The lowest BCUT2D eigenvalue weighted by Crippen LogP contribution is -2.34. The molecule has 1 atom stereocenters. The molecule has 0 unspecified atom stereocenters. The quantitative estimate of drug-likeness (QED) is 0.796. The Morgan fingerprint density at radius 1 is 1.36 bits per heavy atom. The van der Waals surface area contributed by atoms with Crippen LogP contribution in [0.2, 0.25) is 10.0 Å². The molecule has 25 heavy (non-hydrogen) atoms. The summed E-state index contributed by atoms with van der Waals surface area (Å²) in [5.41, 5.74) is 0.818. The topological polar surface area (TPSA) is 53.8 Å². The normalized spacial score (nSPS) is 17.2. The molecular formula is C18H18Cl2N2O3. The van der Waals surface area contributed by atoms with Crippen molar-refractivity contribution in [2.45, 2.75) is 19.5 Å². The highest BCUT2D eigenvalue weighted by atomic mass is 35.5. The summed E-state index contributed by atoms with van der Waals surface area (Å²) >= 11 is 12.1. The Balaban J connectivity index is 1.61. The van der Waals surface area contributed by atoms with Crippen LogP contribution in [0.15, 0.2) is 41.0 Å². The van der Waals surface area contributed by atoms with Crippen LogP contribution in [0.5, 0.6) is 0 Å². The second-order valence-corrected chi connectivity index (χ2v) is 7.03. The number of halogens is 2. The van der Waals surface area contributed by atoms with Gasteiger partial charge in [-0.15, -0.1) is 0 Å². The average molecular weight is 381 g/mol. The Labute approximate surface area is 156 Å². The van der Waals surface area contributed by atoms with Crippen LogP contribution in [0.1, 0.15) is 17.7 Å². The predicted molar refractivity (Wildman–Crippen MR) is 95.2 cm³/mol. The van der Waals surface area contributed by atoms with Gasteiger partial charge in [0, 0.05) is 36.6 Å². The molecule has 0 bridgehead atoms. The largest absolute Gasteiger partial charge is 0.467 e. The molecule has 0 N–H and O–H groups in total. The van der Waals surface area contributed by atoms with Crippen LogP contribution >= 0.6 is 23.2 Å². The zero-order chi connectivity index (χ0) is 18.0. The zero-order valence-electron chi connectivity index (χ0n) is 13.7. The van der Waals surface area contributed by atoms with Gasteiger partial charge in [-0.25, -0.2) is 0 Å². The Morgan fingerprint density at radius 3 is 2.84 bits per heavy atom. The third kappa shape index (κ3) is 4.17. The smallest absolute Gasteiger partial charge is 0.228 e. The number of nitrogens with zero attached hydrogens (tertiary/aromatic N) is 2. The van der Waals surface area contributed by atoms with Crippen LogP contribution in [-0.2, 0) is 22.7 Å². The molecule has 3 rings (SSSR count). The number of carbonyl (C=O) groups excluding carboxylic acids is 2. The van der Waals surface area contributed by atoms with Gasteiger partial charge in [0.2, 0.25) is 11.8 Å². The van der Waals surface area contributed by atoms with Gasteiger partial charge in [0.05, 0.1) is 18.7 Å². The Hall–Kier alpha value is -1.98. The van der Waals surface area contributed by atoms with Crippen molar-refractivity contribution in [3.63, 3.8) is 0 Å².